The highest BCUT2D eigenvalue weighted by molar-refractivity contribution is 7.18. The van der Waals surface area contributed by atoms with Gasteiger partial charge < -0.3 is 20.5 Å². The number of aryl methyl sites for hydroxylation is 1. The molecule has 1 aromatic carbocycles. The normalized spacial score (nSPS) is 10.5. The average Bonchev–Trinajstić information content (AvgIpc) is 3.31. The number of para-hydroxylation sites is 1. The Morgan fingerprint density at radius 1 is 1.20 bits per heavy atom. The molecule has 0 spiro atoms. The fraction of sp³-hybridized carbons (Fsp3) is 0.200. The Hall–Kier alpha value is -3.66. The third kappa shape index (κ3) is 4.33. The van der Waals surface area contributed by atoms with E-state index in [1.54, 1.807) is 13.1 Å². The van der Waals surface area contributed by atoms with Gasteiger partial charge >= 0.3 is 5.97 Å². The molecule has 2 heterocycles. The second kappa shape index (κ2) is 8.78. The van der Waals surface area contributed by atoms with Crippen molar-refractivity contribution in [3.8, 4) is 5.75 Å². The van der Waals surface area contributed by atoms with Crippen molar-refractivity contribution in [1.82, 2.24) is 9.78 Å². The van der Waals surface area contributed by atoms with E-state index in [1.807, 2.05) is 31.2 Å². The van der Waals surface area contributed by atoms with Crippen LogP contribution in [0.5, 0.6) is 5.75 Å². The Morgan fingerprint density at radius 2 is 1.93 bits per heavy atom. The number of nitrogens with two attached hydrogens (primary N) is 1. The number of thiophene rings is 1. The summed E-state index contributed by atoms with van der Waals surface area (Å²) in [5.41, 5.74) is 6.90. The second-order valence-electron chi connectivity index (χ2n) is 6.35. The summed E-state index contributed by atoms with van der Waals surface area (Å²) in [6.45, 7) is 3.62. The standard InChI is InChI=1S/C20H20N4O5S/c1-11-6-4-5-7-14(11)29-10-24-9-8-13(23-24)18(26)22-19-15(20(27)28-3)12(2)16(30-19)17(21)25/h4-9H,10H2,1-3H3,(H2,21,25)(H,22,26). The quantitative estimate of drug-likeness (QED) is 0.558. The van der Waals surface area contributed by atoms with E-state index in [-0.39, 0.29) is 27.9 Å². The van der Waals surface area contributed by atoms with Crippen molar-refractivity contribution >= 4 is 34.1 Å². The van der Waals surface area contributed by atoms with Gasteiger partial charge in [-0.2, -0.15) is 5.10 Å². The lowest BCUT2D eigenvalue weighted by molar-refractivity contribution is 0.0601. The predicted octanol–water partition coefficient (Wildman–Crippen LogP) is 2.74. The van der Waals surface area contributed by atoms with E-state index in [2.05, 4.69) is 10.4 Å². The average molecular weight is 428 g/mol. The second-order valence-corrected chi connectivity index (χ2v) is 7.37. The minimum absolute atomic E-state index is 0.0898. The smallest absolute Gasteiger partial charge is 0.341 e. The number of hydrogen-bond donors (Lipinski definition) is 2. The van der Waals surface area contributed by atoms with Crippen LogP contribution < -0.4 is 15.8 Å². The van der Waals surface area contributed by atoms with Crippen LogP contribution in [-0.4, -0.2) is 34.7 Å². The summed E-state index contributed by atoms with van der Waals surface area (Å²) in [6.07, 6.45) is 1.60. The van der Waals surface area contributed by atoms with Crippen molar-refractivity contribution in [1.29, 1.82) is 0 Å². The van der Waals surface area contributed by atoms with Crippen LogP contribution in [0.2, 0.25) is 0 Å². The number of anilines is 1. The third-order valence-corrected chi connectivity index (χ3v) is 5.53. The minimum atomic E-state index is -0.694. The van der Waals surface area contributed by atoms with Gasteiger partial charge in [0.2, 0.25) is 0 Å². The number of rotatable bonds is 7. The largest absolute Gasteiger partial charge is 0.471 e. The van der Waals surface area contributed by atoms with Crippen LogP contribution in [0.4, 0.5) is 5.00 Å². The molecule has 30 heavy (non-hydrogen) atoms. The molecule has 3 rings (SSSR count). The van der Waals surface area contributed by atoms with E-state index in [4.69, 9.17) is 15.2 Å². The van der Waals surface area contributed by atoms with Gasteiger partial charge in [0.15, 0.2) is 12.4 Å². The number of carbonyl (C=O) groups is 3. The molecule has 0 radical (unpaired) electrons. The highest BCUT2D eigenvalue weighted by Crippen LogP contribution is 2.33. The summed E-state index contributed by atoms with van der Waals surface area (Å²) in [5.74, 6) is -1.20. The number of nitrogens with zero attached hydrogens (tertiary/aromatic N) is 2. The SMILES string of the molecule is COC(=O)c1c(NC(=O)c2ccn(COc3ccccc3C)n2)sc(C(N)=O)c1C. The predicted molar refractivity (Wildman–Crippen MR) is 111 cm³/mol. The fourth-order valence-electron chi connectivity index (χ4n) is 2.76. The molecular weight excluding hydrogens is 408 g/mol. The Balaban J connectivity index is 1.76. The molecule has 2 aromatic heterocycles. The van der Waals surface area contributed by atoms with Gasteiger partial charge in [0.25, 0.3) is 11.8 Å². The Labute approximate surface area is 176 Å². The maximum Gasteiger partial charge on any atom is 0.341 e. The van der Waals surface area contributed by atoms with E-state index >= 15 is 0 Å². The molecule has 0 atom stereocenters. The Morgan fingerprint density at radius 3 is 2.60 bits per heavy atom. The van der Waals surface area contributed by atoms with Crippen molar-refractivity contribution in [2.75, 3.05) is 12.4 Å². The summed E-state index contributed by atoms with van der Waals surface area (Å²) < 4.78 is 11.9. The lowest BCUT2D eigenvalue weighted by Crippen LogP contribution is -2.16. The summed E-state index contributed by atoms with van der Waals surface area (Å²) in [5, 5.41) is 6.97. The molecule has 0 saturated heterocycles. The van der Waals surface area contributed by atoms with Crippen LogP contribution in [0.3, 0.4) is 0 Å². The van der Waals surface area contributed by atoms with E-state index < -0.39 is 17.8 Å². The molecule has 3 N–H and O–H groups in total. The van der Waals surface area contributed by atoms with Crippen LogP contribution in [-0.2, 0) is 11.5 Å². The maximum absolute atomic E-state index is 12.6. The van der Waals surface area contributed by atoms with Crippen molar-refractivity contribution in [2.24, 2.45) is 5.73 Å². The Bertz CT molecular complexity index is 1120. The van der Waals surface area contributed by atoms with Gasteiger partial charge in [0.05, 0.1) is 17.6 Å². The number of carbonyl (C=O) groups excluding carboxylic acids is 3. The molecule has 156 valence electrons. The van der Waals surface area contributed by atoms with E-state index in [0.717, 1.165) is 22.6 Å². The zero-order chi connectivity index (χ0) is 21.8. The molecule has 0 saturated carbocycles. The van der Waals surface area contributed by atoms with Gasteiger partial charge in [-0.1, -0.05) is 18.2 Å². The topological polar surface area (TPSA) is 126 Å². The molecule has 9 nitrogen and oxygen atoms in total. The van der Waals surface area contributed by atoms with E-state index in [9.17, 15) is 14.4 Å². The van der Waals surface area contributed by atoms with Crippen LogP contribution in [0.15, 0.2) is 36.5 Å². The number of ether oxygens (including phenoxy) is 2. The molecule has 0 unspecified atom stereocenters. The van der Waals surface area contributed by atoms with Gasteiger partial charge in [-0.25, -0.2) is 9.48 Å². The lowest BCUT2D eigenvalue weighted by Gasteiger charge is -2.08. The monoisotopic (exact) mass is 428 g/mol. The molecule has 0 aliphatic heterocycles. The molecule has 10 heteroatoms. The number of amides is 2. The number of hydrogen-bond acceptors (Lipinski definition) is 7. The molecule has 2 amide bonds. The first-order valence-electron chi connectivity index (χ1n) is 8.86. The molecule has 0 fully saturated rings. The van der Waals surface area contributed by atoms with Crippen LogP contribution in [0.1, 0.15) is 41.6 Å². The highest BCUT2D eigenvalue weighted by atomic mass is 32.1. The van der Waals surface area contributed by atoms with Crippen LogP contribution in [0, 0.1) is 13.8 Å². The summed E-state index contributed by atoms with van der Waals surface area (Å²) in [7, 11) is 1.21. The molecule has 0 aliphatic carbocycles. The van der Waals surface area contributed by atoms with Crippen molar-refractivity contribution < 1.29 is 23.9 Å². The van der Waals surface area contributed by atoms with Crippen LogP contribution in [0.25, 0.3) is 0 Å². The van der Waals surface area contributed by atoms with Crippen molar-refractivity contribution in [2.45, 2.75) is 20.6 Å². The third-order valence-electron chi connectivity index (χ3n) is 4.31. The number of methoxy groups -OCH3 is 1. The minimum Gasteiger partial charge on any atom is -0.471 e. The number of primary amides is 1. The molecule has 3 aromatic rings. The van der Waals surface area contributed by atoms with Crippen LogP contribution >= 0.6 is 11.3 Å². The zero-order valence-electron chi connectivity index (χ0n) is 16.6. The van der Waals surface area contributed by atoms with E-state index in [1.165, 1.54) is 17.9 Å². The molecule has 0 bridgehead atoms. The highest BCUT2D eigenvalue weighted by Gasteiger charge is 2.26. The number of esters is 1. The van der Waals surface area contributed by atoms with E-state index in [0.29, 0.717) is 5.56 Å². The van der Waals surface area contributed by atoms with Gasteiger partial charge in [-0.15, -0.1) is 11.3 Å². The van der Waals surface area contributed by atoms with Gasteiger partial charge in [0, 0.05) is 6.20 Å². The fourth-order valence-corrected chi connectivity index (χ4v) is 3.80. The van der Waals surface area contributed by atoms with Crippen molar-refractivity contribution in [3.63, 3.8) is 0 Å². The van der Waals surface area contributed by atoms with Gasteiger partial charge in [-0.05, 0) is 37.1 Å². The number of benzene rings is 1. The molecule has 0 aliphatic rings. The first-order chi connectivity index (χ1) is 14.3. The first kappa shape index (κ1) is 21.1. The molecular formula is C20H20N4O5S. The van der Waals surface area contributed by atoms with Gasteiger partial charge in [0.1, 0.15) is 10.8 Å². The number of nitrogens with one attached hydrogen (secondary N) is 1. The summed E-state index contributed by atoms with van der Waals surface area (Å²) in [6, 6.07) is 9.07. The number of aromatic nitrogens is 2. The van der Waals surface area contributed by atoms with Gasteiger partial charge in [-0.3, -0.25) is 9.59 Å². The zero-order valence-corrected chi connectivity index (χ0v) is 17.4. The summed E-state index contributed by atoms with van der Waals surface area (Å²) in [4.78, 5) is 36.5. The first-order valence-corrected chi connectivity index (χ1v) is 9.68. The maximum atomic E-state index is 12.6. The van der Waals surface area contributed by atoms with Crippen molar-refractivity contribution in [3.05, 3.63) is 63.8 Å². The Kier molecular flexibility index (Phi) is 6.17. The lowest BCUT2D eigenvalue weighted by atomic mass is 10.1. The summed E-state index contributed by atoms with van der Waals surface area (Å²) >= 11 is 0.910.